The lowest BCUT2D eigenvalue weighted by Crippen LogP contribution is -2.23. The zero-order valence-corrected chi connectivity index (χ0v) is 19.7. The van der Waals surface area contributed by atoms with E-state index in [0.717, 1.165) is 4.70 Å². The van der Waals surface area contributed by atoms with Crippen LogP contribution in [0.1, 0.15) is 23.5 Å². The van der Waals surface area contributed by atoms with Gasteiger partial charge in [0, 0.05) is 34.8 Å². The van der Waals surface area contributed by atoms with Gasteiger partial charge in [0.05, 0.1) is 26.6 Å². The van der Waals surface area contributed by atoms with E-state index in [-0.39, 0.29) is 29.5 Å². The van der Waals surface area contributed by atoms with Gasteiger partial charge in [0.25, 0.3) is 11.6 Å². The van der Waals surface area contributed by atoms with Crippen LogP contribution >= 0.6 is 22.7 Å². The highest BCUT2D eigenvalue weighted by Gasteiger charge is 2.16. The Labute approximate surface area is 200 Å². The van der Waals surface area contributed by atoms with E-state index in [1.165, 1.54) is 41.7 Å². The van der Waals surface area contributed by atoms with Crippen LogP contribution in [-0.2, 0) is 20.9 Å². The molecule has 4 rings (SSSR count). The SMILES string of the molecule is CCOC(=O)Cn1c(=NC(=O)c2cc3cc([N+](=O)[O-])ccc3s2)sc2cc(NC(C)=O)ccc21. The first kappa shape index (κ1) is 23.3. The largest absolute Gasteiger partial charge is 0.465 e. The number of nitrogens with one attached hydrogen (secondary N) is 1. The highest BCUT2D eigenvalue weighted by molar-refractivity contribution is 7.21. The van der Waals surface area contributed by atoms with Crippen molar-refractivity contribution in [3.63, 3.8) is 0 Å². The summed E-state index contributed by atoms with van der Waals surface area (Å²) in [7, 11) is 0. The van der Waals surface area contributed by atoms with Gasteiger partial charge in [-0.2, -0.15) is 4.99 Å². The molecule has 0 atom stereocenters. The van der Waals surface area contributed by atoms with E-state index in [0.29, 0.717) is 26.2 Å². The van der Waals surface area contributed by atoms with Crippen LogP contribution in [0, 0.1) is 10.1 Å². The number of carbonyl (C=O) groups excluding carboxylic acids is 3. The minimum atomic E-state index is -0.532. The van der Waals surface area contributed by atoms with Crippen molar-refractivity contribution in [1.29, 1.82) is 0 Å². The molecule has 0 bridgehead atoms. The van der Waals surface area contributed by atoms with E-state index in [2.05, 4.69) is 10.3 Å². The van der Waals surface area contributed by atoms with Crippen LogP contribution in [0.2, 0.25) is 0 Å². The first-order valence-corrected chi connectivity index (χ1v) is 11.7. The predicted octanol–water partition coefficient (Wildman–Crippen LogP) is 4.09. The zero-order chi connectivity index (χ0) is 24.4. The Bertz CT molecular complexity index is 1530. The van der Waals surface area contributed by atoms with Crippen molar-refractivity contribution in [2.75, 3.05) is 11.9 Å². The van der Waals surface area contributed by atoms with Crippen LogP contribution in [0.15, 0.2) is 47.5 Å². The van der Waals surface area contributed by atoms with Crippen LogP contribution < -0.4 is 10.1 Å². The average molecular weight is 499 g/mol. The first-order valence-electron chi connectivity index (χ1n) is 10.1. The quantitative estimate of drug-likeness (QED) is 0.242. The minimum absolute atomic E-state index is 0.0620. The fourth-order valence-corrected chi connectivity index (χ4v) is 5.31. The van der Waals surface area contributed by atoms with Gasteiger partial charge in [-0.05, 0) is 37.3 Å². The number of fused-ring (bicyclic) bond motifs is 2. The molecule has 0 aliphatic rings. The molecule has 174 valence electrons. The molecule has 2 heterocycles. The summed E-state index contributed by atoms with van der Waals surface area (Å²) in [6, 6.07) is 11.1. The second-order valence-corrected chi connectivity index (χ2v) is 9.24. The number of nitro benzene ring substituents is 1. The van der Waals surface area contributed by atoms with Crippen molar-refractivity contribution < 1.29 is 24.0 Å². The zero-order valence-electron chi connectivity index (χ0n) is 18.1. The summed E-state index contributed by atoms with van der Waals surface area (Å²) in [5.74, 6) is -1.23. The van der Waals surface area contributed by atoms with Gasteiger partial charge in [-0.3, -0.25) is 24.5 Å². The van der Waals surface area contributed by atoms with E-state index < -0.39 is 16.8 Å². The monoisotopic (exact) mass is 498 g/mol. The molecule has 2 aromatic carbocycles. The van der Waals surface area contributed by atoms with Crippen molar-refractivity contribution in [1.82, 2.24) is 4.57 Å². The first-order chi connectivity index (χ1) is 16.2. The van der Waals surface area contributed by atoms with E-state index in [1.807, 2.05) is 0 Å². The summed E-state index contributed by atoms with van der Waals surface area (Å²) in [6.07, 6.45) is 0. The molecule has 0 aliphatic carbocycles. The van der Waals surface area contributed by atoms with Gasteiger partial charge in [0.2, 0.25) is 5.91 Å². The third kappa shape index (κ3) is 4.87. The highest BCUT2D eigenvalue weighted by atomic mass is 32.1. The molecule has 2 aromatic heterocycles. The van der Waals surface area contributed by atoms with Gasteiger partial charge in [0.1, 0.15) is 6.54 Å². The summed E-state index contributed by atoms with van der Waals surface area (Å²) in [5.41, 5.74) is 1.17. The molecule has 4 aromatic rings. The number of thiazole rings is 1. The van der Waals surface area contributed by atoms with Crippen LogP contribution in [0.25, 0.3) is 20.3 Å². The number of aromatic nitrogens is 1. The summed E-state index contributed by atoms with van der Waals surface area (Å²) in [4.78, 5) is 52.0. The summed E-state index contributed by atoms with van der Waals surface area (Å²) < 4.78 is 8.09. The van der Waals surface area contributed by atoms with Gasteiger partial charge in [-0.1, -0.05) is 11.3 Å². The van der Waals surface area contributed by atoms with E-state index in [4.69, 9.17) is 4.74 Å². The van der Waals surface area contributed by atoms with Crippen LogP contribution in [0.4, 0.5) is 11.4 Å². The number of non-ortho nitro benzene ring substituents is 1. The van der Waals surface area contributed by atoms with Gasteiger partial charge in [-0.15, -0.1) is 11.3 Å². The second kappa shape index (κ2) is 9.53. The van der Waals surface area contributed by atoms with Gasteiger partial charge < -0.3 is 14.6 Å². The third-order valence-corrected chi connectivity index (χ3v) is 6.86. The number of anilines is 1. The maximum atomic E-state index is 13.0. The summed E-state index contributed by atoms with van der Waals surface area (Å²) in [6.45, 7) is 3.18. The van der Waals surface area contributed by atoms with Gasteiger partial charge in [0.15, 0.2) is 4.80 Å². The van der Waals surface area contributed by atoms with Crippen molar-refractivity contribution in [2.24, 2.45) is 4.99 Å². The molecule has 0 fully saturated rings. The summed E-state index contributed by atoms with van der Waals surface area (Å²) >= 11 is 2.37. The number of esters is 1. The Morgan fingerprint density at radius 3 is 2.62 bits per heavy atom. The number of thiophene rings is 1. The molecule has 0 unspecified atom stereocenters. The number of amides is 2. The molecule has 0 aliphatic heterocycles. The van der Waals surface area contributed by atoms with Crippen molar-refractivity contribution in [3.05, 3.63) is 62.3 Å². The molecule has 2 amide bonds. The standard InChI is InChI=1S/C22H18N4O6S2/c1-3-32-20(28)11-25-16-6-4-14(23-12(2)27)10-18(16)34-22(25)24-21(29)19-9-13-8-15(26(30)31)5-7-17(13)33-19/h4-10H,3,11H2,1-2H3,(H,23,27). The average Bonchev–Trinajstić information content (AvgIpc) is 3.34. The molecular weight excluding hydrogens is 480 g/mol. The number of nitro groups is 1. The minimum Gasteiger partial charge on any atom is -0.465 e. The summed E-state index contributed by atoms with van der Waals surface area (Å²) in [5, 5.41) is 14.3. The van der Waals surface area contributed by atoms with Crippen LogP contribution in [-0.4, -0.2) is 33.9 Å². The maximum absolute atomic E-state index is 13.0. The fraction of sp³-hybridized carbons (Fsp3) is 0.182. The Morgan fingerprint density at radius 2 is 1.91 bits per heavy atom. The fourth-order valence-electron chi connectivity index (χ4n) is 3.32. The number of nitrogens with zero attached hydrogens (tertiary/aromatic N) is 3. The van der Waals surface area contributed by atoms with E-state index in [1.54, 1.807) is 41.8 Å². The Morgan fingerprint density at radius 1 is 1.12 bits per heavy atom. The van der Waals surface area contributed by atoms with Crippen molar-refractivity contribution >= 4 is 72.1 Å². The number of rotatable bonds is 6. The lowest BCUT2D eigenvalue weighted by atomic mass is 10.2. The number of ether oxygens (including phenoxy) is 1. The maximum Gasteiger partial charge on any atom is 0.326 e. The van der Waals surface area contributed by atoms with E-state index >= 15 is 0 Å². The topological polar surface area (TPSA) is 133 Å². The second-order valence-electron chi connectivity index (χ2n) is 7.15. The molecule has 0 spiro atoms. The Balaban J connectivity index is 1.79. The van der Waals surface area contributed by atoms with E-state index in [9.17, 15) is 24.5 Å². The van der Waals surface area contributed by atoms with Crippen molar-refractivity contribution in [3.8, 4) is 0 Å². The van der Waals surface area contributed by atoms with Gasteiger partial charge >= 0.3 is 5.97 Å². The smallest absolute Gasteiger partial charge is 0.326 e. The van der Waals surface area contributed by atoms with Crippen LogP contribution in [0.5, 0.6) is 0 Å². The molecule has 1 N–H and O–H groups in total. The molecular formula is C22H18N4O6S2. The molecule has 0 saturated heterocycles. The molecule has 0 saturated carbocycles. The normalized spacial score (nSPS) is 11.6. The highest BCUT2D eigenvalue weighted by Crippen LogP contribution is 2.29. The number of hydrogen-bond donors (Lipinski definition) is 1. The van der Waals surface area contributed by atoms with Crippen molar-refractivity contribution in [2.45, 2.75) is 20.4 Å². The number of carbonyl (C=O) groups is 3. The number of benzene rings is 2. The lowest BCUT2D eigenvalue weighted by molar-refractivity contribution is -0.384. The Hall–Kier alpha value is -3.90. The van der Waals surface area contributed by atoms with Gasteiger partial charge in [-0.25, -0.2) is 0 Å². The molecule has 0 radical (unpaired) electrons. The third-order valence-electron chi connectivity index (χ3n) is 4.71. The molecule has 34 heavy (non-hydrogen) atoms. The molecule has 12 heteroatoms. The lowest BCUT2D eigenvalue weighted by Gasteiger charge is -2.06. The Kier molecular flexibility index (Phi) is 6.52. The predicted molar refractivity (Wildman–Crippen MR) is 129 cm³/mol. The van der Waals surface area contributed by atoms with Crippen LogP contribution in [0.3, 0.4) is 0 Å². The molecule has 10 nitrogen and oxygen atoms in total. The number of hydrogen-bond acceptors (Lipinski definition) is 8.